The first-order valence-electron chi connectivity index (χ1n) is 5.94. The highest BCUT2D eigenvalue weighted by atomic mass is 16.2. The molecule has 0 fully saturated rings. The van der Waals surface area contributed by atoms with E-state index in [4.69, 9.17) is 0 Å². The van der Waals surface area contributed by atoms with Crippen molar-refractivity contribution in [1.29, 1.82) is 0 Å². The van der Waals surface area contributed by atoms with E-state index < -0.39 is 0 Å². The van der Waals surface area contributed by atoms with Gasteiger partial charge < -0.3 is 4.90 Å². The van der Waals surface area contributed by atoms with Crippen molar-refractivity contribution in [2.45, 2.75) is 33.6 Å². The van der Waals surface area contributed by atoms with Gasteiger partial charge in [-0.3, -0.25) is 4.79 Å². The molecule has 88 valence electrons. The highest BCUT2D eigenvalue weighted by Gasteiger charge is 2.19. The van der Waals surface area contributed by atoms with E-state index in [0.29, 0.717) is 0 Å². The third-order valence-electron chi connectivity index (χ3n) is 3.05. The van der Waals surface area contributed by atoms with Crippen molar-refractivity contribution in [1.82, 2.24) is 0 Å². The number of amides is 1. The van der Waals surface area contributed by atoms with Gasteiger partial charge >= 0.3 is 0 Å². The monoisotopic (exact) mass is 219 g/mol. The Morgan fingerprint density at radius 1 is 1.31 bits per heavy atom. The van der Waals surface area contributed by atoms with E-state index in [1.54, 1.807) is 4.90 Å². The number of nitrogens with zero attached hydrogens (tertiary/aromatic N) is 1. The van der Waals surface area contributed by atoms with Gasteiger partial charge in [-0.15, -0.1) is 0 Å². The molecule has 0 saturated heterocycles. The summed E-state index contributed by atoms with van der Waals surface area (Å²) in [6, 6.07) is 8.05. The van der Waals surface area contributed by atoms with Crippen LogP contribution in [0.25, 0.3) is 0 Å². The Kier molecular flexibility index (Phi) is 4.53. The van der Waals surface area contributed by atoms with Crippen LogP contribution in [0.5, 0.6) is 0 Å². The van der Waals surface area contributed by atoms with E-state index in [0.717, 1.165) is 18.5 Å². The van der Waals surface area contributed by atoms with Crippen molar-refractivity contribution in [2.24, 2.45) is 5.92 Å². The van der Waals surface area contributed by atoms with E-state index in [-0.39, 0.29) is 11.8 Å². The van der Waals surface area contributed by atoms with Gasteiger partial charge in [-0.1, -0.05) is 26.0 Å². The van der Waals surface area contributed by atoms with Crippen molar-refractivity contribution >= 4 is 11.6 Å². The van der Waals surface area contributed by atoms with Gasteiger partial charge in [0, 0.05) is 18.7 Å². The number of rotatable bonds is 4. The molecule has 0 heterocycles. The van der Waals surface area contributed by atoms with Crippen LogP contribution in [0.4, 0.5) is 5.69 Å². The first-order chi connectivity index (χ1) is 7.60. The lowest BCUT2D eigenvalue weighted by atomic mass is 10.0. The van der Waals surface area contributed by atoms with Gasteiger partial charge in [-0.05, 0) is 37.5 Å². The number of carbonyl (C=O) groups is 1. The van der Waals surface area contributed by atoms with Crippen LogP contribution < -0.4 is 4.90 Å². The number of anilines is 1. The molecule has 0 unspecified atom stereocenters. The van der Waals surface area contributed by atoms with Gasteiger partial charge in [0.25, 0.3) is 0 Å². The molecule has 0 atom stereocenters. The van der Waals surface area contributed by atoms with E-state index in [9.17, 15) is 4.79 Å². The molecule has 1 rings (SSSR count). The van der Waals surface area contributed by atoms with Gasteiger partial charge in [-0.25, -0.2) is 0 Å². The van der Waals surface area contributed by atoms with Crippen molar-refractivity contribution < 1.29 is 4.79 Å². The molecule has 0 aliphatic heterocycles. The van der Waals surface area contributed by atoms with E-state index in [1.807, 2.05) is 38.2 Å². The molecule has 0 radical (unpaired) electrons. The second kappa shape index (κ2) is 5.69. The highest BCUT2D eigenvalue weighted by molar-refractivity contribution is 5.94. The lowest BCUT2D eigenvalue weighted by molar-refractivity contribution is -0.122. The molecule has 0 bridgehead atoms. The van der Waals surface area contributed by atoms with Crippen LogP contribution in [0, 0.1) is 12.8 Å². The van der Waals surface area contributed by atoms with Gasteiger partial charge in [-0.2, -0.15) is 0 Å². The average molecular weight is 219 g/mol. The minimum Gasteiger partial charge on any atom is -0.315 e. The standard InChI is InChI=1S/C14H21NO/c1-5-12(6-2)14(16)15(4)13-9-7-8-11(3)10-13/h7-10,12H,5-6H2,1-4H3. The zero-order valence-electron chi connectivity index (χ0n) is 10.7. The number of aryl methyl sites for hydroxylation is 1. The molecule has 0 spiro atoms. The molecule has 16 heavy (non-hydrogen) atoms. The Morgan fingerprint density at radius 3 is 2.44 bits per heavy atom. The molecule has 0 aliphatic rings. The number of hydrogen-bond donors (Lipinski definition) is 0. The number of benzene rings is 1. The number of hydrogen-bond acceptors (Lipinski definition) is 1. The molecule has 1 amide bonds. The fourth-order valence-electron chi connectivity index (χ4n) is 1.88. The minimum atomic E-state index is 0.144. The lowest BCUT2D eigenvalue weighted by Gasteiger charge is -2.22. The SMILES string of the molecule is CCC(CC)C(=O)N(C)c1cccc(C)c1. The van der Waals surface area contributed by atoms with E-state index >= 15 is 0 Å². The predicted octanol–water partition coefficient (Wildman–Crippen LogP) is 3.39. The maximum absolute atomic E-state index is 12.1. The molecule has 0 saturated carbocycles. The third kappa shape index (κ3) is 2.84. The Morgan fingerprint density at radius 2 is 1.94 bits per heavy atom. The van der Waals surface area contributed by atoms with Crippen LogP contribution in [0.3, 0.4) is 0 Å². The van der Waals surface area contributed by atoms with Crippen molar-refractivity contribution in [3.63, 3.8) is 0 Å². The van der Waals surface area contributed by atoms with E-state index in [1.165, 1.54) is 5.56 Å². The molecule has 2 nitrogen and oxygen atoms in total. The molecule has 0 N–H and O–H groups in total. The summed E-state index contributed by atoms with van der Waals surface area (Å²) in [4.78, 5) is 13.9. The van der Waals surface area contributed by atoms with Gasteiger partial charge in [0.2, 0.25) is 5.91 Å². The zero-order chi connectivity index (χ0) is 12.1. The zero-order valence-corrected chi connectivity index (χ0v) is 10.7. The van der Waals surface area contributed by atoms with Crippen LogP contribution in [0.15, 0.2) is 24.3 Å². The van der Waals surface area contributed by atoms with Gasteiger partial charge in [0.05, 0.1) is 0 Å². The topological polar surface area (TPSA) is 20.3 Å². The first kappa shape index (κ1) is 12.8. The molecular formula is C14H21NO. The second-order valence-corrected chi connectivity index (χ2v) is 4.25. The predicted molar refractivity (Wildman–Crippen MR) is 68.7 cm³/mol. The fraction of sp³-hybridized carbons (Fsp3) is 0.500. The Bertz CT molecular complexity index is 356. The van der Waals surface area contributed by atoms with Gasteiger partial charge in [0.15, 0.2) is 0 Å². The lowest BCUT2D eigenvalue weighted by Crippen LogP contribution is -2.32. The molecule has 1 aromatic carbocycles. The summed E-state index contributed by atoms with van der Waals surface area (Å²) in [7, 11) is 1.86. The quantitative estimate of drug-likeness (QED) is 0.760. The van der Waals surface area contributed by atoms with Crippen molar-refractivity contribution in [3.8, 4) is 0 Å². The average Bonchev–Trinajstić information content (AvgIpc) is 2.29. The van der Waals surface area contributed by atoms with Crippen molar-refractivity contribution in [2.75, 3.05) is 11.9 Å². The number of carbonyl (C=O) groups excluding carboxylic acids is 1. The summed E-state index contributed by atoms with van der Waals surface area (Å²) in [5.74, 6) is 0.362. The smallest absolute Gasteiger partial charge is 0.229 e. The highest BCUT2D eigenvalue weighted by Crippen LogP contribution is 2.19. The normalized spacial score (nSPS) is 10.6. The fourth-order valence-corrected chi connectivity index (χ4v) is 1.88. The van der Waals surface area contributed by atoms with Crippen LogP contribution in [0.2, 0.25) is 0 Å². The van der Waals surface area contributed by atoms with Crippen LogP contribution in [0.1, 0.15) is 32.3 Å². The Hall–Kier alpha value is -1.31. The largest absolute Gasteiger partial charge is 0.315 e. The van der Waals surface area contributed by atoms with Crippen molar-refractivity contribution in [3.05, 3.63) is 29.8 Å². The maximum Gasteiger partial charge on any atom is 0.229 e. The molecule has 2 heteroatoms. The second-order valence-electron chi connectivity index (χ2n) is 4.25. The summed E-state index contributed by atoms with van der Waals surface area (Å²) >= 11 is 0. The maximum atomic E-state index is 12.1. The molecule has 1 aromatic rings. The third-order valence-corrected chi connectivity index (χ3v) is 3.05. The first-order valence-corrected chi connectivity index (χ1v) is 5.94. The minimum absolute atomic E-state index is 0.144. The summed E-state index contributed by atoms with van der Waals surface area (Å²) in [5.41, 5.74) is 2.17. The summed E-state index contributed by atoms with van der Waals surface area (Å²) in [5, 5.41) is 0. The van der Waals surface area contributed by atoms with Crippen LogP contribution in [-0.2, 0) is 4.79 Å². The Balaban J connectivity index is 2.85. The summed E-state index contributed by atoms with van der Waals surface area (Å²) < 4.78 is 0. The molecule has 0 aromatic heterocycles. The summed E-state index contributed by atoms with van der Waals surface area (Å²) in [6.45, 7) is 6.17. The molecule has 0 aliphatic carbocycles. The van der Waals surface area contributed by atoms with Crippen LogP contribution >= 0.6 is 0 Å². The van der Waals surface area contributed by atoms with Gasteiger partial charge in [0.1, 0.15) is 0 Å². The van der Waals surface area contributed by atoms with Crippen LogP contribution in [-0.4, -0.2) is 13.0 Å². The molecular weight excluding hydrogens is 198 g/mol. The van der Waals surface area contributed by atoms with E-state index in [2.05, 4.69) is 13.8 Å². The Labute approximate surface area is 98.3 Å². The summed E-state index contributed by atoms with van der Waals surface area (Å²) in [6.07, 6.45) is 1.82.